The normalized spacial score (nSPS) is 30.2. The summed E-state index contributed by atoms with van der Waals surface area (Å²) >= 11 is 1.60. The third-order valence-electron chi connectivity index (χ3n) is 5.99. The van der Waals surface area contributed by atoms with Crippen molar-refractivity contribution in [1.82, 2.24) is 15.5 Å². The van der Waals surface area contributed by atoms with E-state index in [9.17, 15) is 19.5 Å². The van der Waals surface area contributed by atoms with Crippen LogP contribution < -0.4 is 16.0 Å². The molecule has 2 saturated heterocycles. The maximum absolute atomic E-state index is 12.8. The summed E-state index contributed by atoms with van der Waals surface area (Å²) in [5.41, 5.74) is 0.645. The van der Waals surface area contributed by atoms with E-state index in [0.29, 0.717) is 36.5 Å². The molecule has 0 radical (unpaired) electrons. The molecule has 9 heteroatoms. The molecule has 0 aromatic heterocycles. The number of carbonyl (C=O) groups excluding carboxylic acids is 3. The van der Waals surface area contributed by atoms with Gasteiger partial charge in [-0.3, -0.25) is 14.4 Å². The van der Waals surface area contributed by atoms with E-state index in [2.05, 4.69) is 16.0 Å². The van der Waals surface area contributed by atoms with Gasteiger partial charge in [0.05, 0.1) is 17.7 Å². The van der Waals surface area contributed by atoms with Crippen LogP contribution in [0.5, 0.6) is 0 Å². The smallest absolute Gasteiger partial charge is 0.255 e. The van der Waals surface area contributed by atoms with Crippen LogP contribution in [0.4, 0.5) is 5.69 Å². The van der Waals surface area contributed by atoms with Crippen molar-refractivity contribution in [2.24, 2.45) is 0 Å². The minimum atomic E-state index is -0.704. The van der Waals surface area contributed by atoms with E-state index < -0.39 is 17.8 Å². The van der Waals surface area contributed by atoms with Crippen molar-refractivity contribution in [1.29, 1.82) is 0 Å². The summed E-state index contributed by atoms with van der Waals surface area (Å²) < 4.78 is 0. The van der Waals surface area contributed by atoms with Gasteiger partial charge >= 0.3 is 0 Å². The maximum Gasteiger partial charge on any atom is 0.255 e. The van der Waals surface area contributed by atoms with Crippen LogP contribution >= 0.6 is 11.8 Å². The van der Waals surface area contributed by atoms with Crippen molar-refractivity contribution < 1.29 is 19.5 Å². The highest BCUT2D eigenvalue weighted by Crippen LogP contribution is 2.32. The van der Waals surface area contributed by atoms with Crippen molar-refractivity contribution in [3.8, 4) is 0 Å². The Bertz CT molecular complexity index is 834. The third-order valence-corrected chi connectivity index (χ3v) is 7.16. The molecule has 0 bridgehead atoms. The predicted molar refractivity (Wildman–Crippen MR) is 111 cm³/mol. The average molecular weight is 419 g/mol. The number of carbonyl (C=O) groups is 3. The number of fused-ring (bicyclic) bond motifs is 1. The average Bonchev–Trinajstić information content (AvgIpc) is 3.03. The first-order chi connectivity index (χ1) is 13.9. The van der Waals surface area contributed by atoms with Crippen LogP contribution in [0, 0.1) is 0 Å². The summed E-state index contributed by atoms with van der Waals surface area (Å²) in [4.78, 5) is 39.6. The van der Waals surface area contributed by atoms with E-state index in [4.69, 9.17) is 0 Å². The highest BCUT2D eigenvalue weighted by Gasteiger charge is 2.42. The number of aliphatic hydroxyl groups excluding tert-OH is 1. The molecule has 2 fully saturated rings. The van der Waals surface area contributed by atoms with Crippen LogP contribution in [0.1, 0.15) is 36.5 Å². The molecule has 4 rings (SSSR count). The molecule has 0 saturated carbocycles. The van der Waals surface area contributed by atoms with E-state index in [1.807, 2.05) is 18.2 Å². The van der Waals surface area contributed by atoms with Gasteiger partial charge in [0.2, 0.25) is 11.8 Å². The lowest BCUT2D eigenvalue weighted by Gasteiger charge is -2.40. The van der Waals surface area contributed by atoms with Gasteiger partial charge in [-0.15, -0.1) is 0 Å². The molecule has 0 unspecified atom stereocenters. The molecule has 0 aliphatic carbocycles. The second-order valence-electron chi connectivity index (χ2n) is 7.94. The van der Waals surface area contributed by atoms with Gasteiger partial charge in [0, 0.05) is 36.6 Å². The molecule has 8 nitrogen and oxygen atoms in total. The molecule has 1 spiro atoms. The Kier molecular flexibility index (Phi) is 5.44. The fraction of sp³-hybridized carbons (Fsp3) is 0.550. The van der Waals surface area contributed by atoms with Gasteiger partial charge in [0.1, 0.15) is 11.7 Å². The summed E-state index contributed by atoms with van der Waals surface area (Å²) in [6, 6.07) is 6.40. The molecule has 156 valence electrons. The first-order valence-corrected chi connectivity index (χ1v) is 11.1. The van der Waals surface area contributed by atoms with Crippen LogP contribution in [0.2, 0.25) is 0 Å². The zero-order valence-corrected chi connectivity index (χ0v) is 17.1. The maximum atomic E-state index is 12.8. The second kappa shape index (κ2) is 7.87. The molecule has 4 N–H and O–H groups in total. The number of nitrogens with one attached hydrogen (secondary N) is 3. The van der Waals surface area contributed by atoms with Crippen molar-refractivity contribution in [3.63, 3.8) is 0 Å². The summed E-state index contributed by atoms with van der Waals surface area (Å²) in [5.74, 6) is 0.759. The van der Waals surface area contributed by atoms with E-state index in [0.717, 1.165) is 5.69 Å². The fourth-order valence-electron chi connectivity index (χ4n) is 4.17. The highest BCUT2D eigenvalue weighted by atomic mass is 32.2. The SMILES string of the molecule is C[C@@H](C(=O)N[C@@H]1CSC[C@@H]1O)N1CC[C@]2(CCC1=O)NC(=O)c1ccccc1N2. The van der Waals surface area contributed by atoms with Crippen LogP contribution in [-0.4, -0.2) is 69.6 Å². The minimum absolute atomic E-state index is 0.110. The number of rotatable bonds is 3. The molecule has 1 aromatic carbocycles. The zero-order valence-electron chi connectivity index (χ0n) is 16.3. The van der Waals surface area contributed by atoms with Crippen LogP contribution in [0.3, 0.4) is 0 Å². The van der Waals surface area contributed by atoms with Gasteiger partial charge in [-0.05, 0) is 25.5 Å². The zero-order chi connectivity index (χ0) is 20.6. The minimum Gasteiger partial charge on any atom is -0.390 e. The first kappa shape index (κ1) is 20.0. The molecule has 1 aromatic rings. The molecule has 3 aliphatic heterocycles. The summed E-state index contributed by atoms with van der Waals surface area (Å²) in [6.07, 6.45) is 0.628. The van der Waals surface area contributed by atoms with Gasteiger partial charge in [-0.1, -0.05) is 12.1 Å². The molecular formula is C20H26N4O4S. The summed E-state index contributed by atoms with van der Waals surface area (Å²) in [7, 11) is 0. The number of hydrogen-bond donors (Lipinski definition) is 4. The Labute approximate surface area is 173 Å². The monoisotopic (exact) mass is 418 g/mol. The lowest BCUT2D eigenvalue weighted by atomic mass is 9.95. The number of amides is 3. The van der Waals surface area contributed by atoms with Crippen molar-refractivity contribution in [3.05, 3.63) is 29.8 Å². The number of hydrogen-bond acceptors (Lipinski definition) is 6. The van der Waals surface area contributed by atoms with Crippen molar-refractivity contribution >= 4 is 35.2 Å². The van der Waals surface area contributed by atoms with E-state index in [1.165, 1.54) is 0 Å². The number of thioether (sulfide) groups is 1. The van der Waals surface area contributed by atoms with Crippen molar-refractivity contribution in [2.75, 3.05) is 23.4 Å². The Balaban J connectivity index is 1.45. The molecule has 3 amide bonds. The van der Waals surface area contributed by atoms with E-state index in [-0.39, 0.29) is 30.2 Å². The number of para-hydroxylation sites is 1. The molecule has 29 heavy (non-hydrogen) atoms. The first-order valence-electron chi connectivity index (χ1n) is 9.94. The number of nitrogens with zero attached hydrogens (tertiary/aromatic N) is 1. The quantitative estimate of drug-likeness (QED) is 0.570. The van der Waals surface area contributed by atoms with Crippen LogP contribution in [0.25, 0.3) is 0 Å². The van der Waals surface area contributed by atoms with Crippen LogP contribution in [-0.2, 0) is 9.59 Å². The van der Waals surface area contributed by atoms with E-state index >= 15 is 0 Å². The number of anilines is 1. The number of likely N-dealkylation sites (tertiary alicyclic amines) is 1. The predicted octanol–water partition coefficient (Wildman–Crippen LogP) is 0.532. The Morgan fingerprint density at radius 1 is 1.28 bits per heavy atom. The molecule has 3 aliphatic rings. The lowest BCUT2D eigenvalue weighted by Crippen LogP contribution is -2.58. The van der Waals surface area contributed by atoms with Gasteiger partial charge < -0.3 is 26.0 Å². The summed E-state index contributed by atoms with van der Waals surface area (Å²) in [5, 5.41) is 19.2. The topological polar surface area (TPSA) is 111 Å². The molecule has 4 atom stereocenters. The molecule has 3 heterocycles. The highest BCUT2D eigenvalue weighted by molar-refractivity contribution is 7.99. The number of benzene rings is 1. The fourth-order valence-corrected chi connectivity index (χ4v) is 5.34. The second-order valence-corrected chi connectivity index (χ2v) is 9.01. The Hall–Kier alpha value is -2.26. The molecular weight excluding hydrogens is 392 g/mol. The summed E-state index contributed by atoms with van der Waals surface area (Å²) in [6.45, 7) is 2.06. The standard InChI is InChI=1S/C20H26N4O4S/c1-12(18(27)21-15-10-29-11-16(15)25)24-9-8-20(7-6-17(24)26)22-14-5-3-2-4-13(14)19(28)23-20/h2-5,12,15-16,22,25H,6-11H2,1H3,(H,21,27)(H,23,28)/t12-,15+,16-,20-/m0/s1. The lowest BCUT2D eigenvalue weighted by molar-refractivity contribution is -0.139. The van der Waals surface area contributed by atoms with Gasteiger partial charge in [-0.2, -0.15) is 11.8 Å². The Morgan fingerprint density at radius 2 is 2.07 bits per heavy atom. The van der Waals surface area contributed by atoms with Gasteiger partial charge in [0.25, 0.3) is 5.91 Å². The van der Waals surface area contributed by atoms with Crippen molar-refractivity contribution in [2.45, 2.75) is 50.0 Å². The largest absolute Gasteiger partial charge is 0.390 e. The number of aliphatic hydroxyl groups is 1. The van der Waals surface area contributed by atoms with Crippen LogP contribution in [0.15, 0.2) is 24.3 Å². The van der Waals surface area contributed by atoms with Gasteiger partial charge in [-0.25, -0.2) is 0 Å². The third kappa shape index (κ3) is 3.93. The van der Waals surface area contributed by atoms with E-state index in [1.54, 1.807) is 29.7 Å². The Morgan fingerprint density at radius 3 is 2.83 bits per heavy atom. The van der Waals surface area contributed by atoms with Gasteiger partial charge in [0.15, 0.2) is 0 Å².